The SMILES string of the molecule is CS(=O)(=O)C(=Cc1ccccc1)COC(N)=O. The Kier molecular flexibility index (Phi) is 4.28. The first kappa shape index (κ1) is 13.2. The van der Waals surface area contributed by atoms with E-state index in [1.807, 2.05) is 6.07 Å². The lowest BCUT2D eigenvalue weighted by atomic mass is 10.2. The highest BCUT2D eigenvalue weighted by atomic mass is 32.2. The molecule has 0 aromatic heterocycles. The van der Waals surface area contributed by atoms with E-state index in [1.165, 1.54) is 6.08 Å². The zero-order valence-electron chi connectivity index (χ0n) is 9.29. The maximum absolute atomic E-state index is 11.4. The van der Waals surface area contributed by atoms with E-state index in [4.69, 9.17) is 5.73 Å². The molecule has 1 amide bonds. The predicted molar refractivity (Wildman–Crippen MR) is 64.8 cm³/mol. The van der Waals surface area contributed by atoms with Crippen LogP contribution >= 0.6 is 0 Å². The van der Waals surface area contributed by atoms with Crippen molar-refractivity contribution in [3.63, 3.8) is 0 Å². The van der Waals surface area contributed by atoms with E-state index >= 15 is 0 Å². The highest BCUT2D eigenvalue weighted by molar-refractivity contribution is 7.94. The lowest BCUT2D eigenvalue weighted by molar-refractivity contribution is 0.168. The number of nitrogens with two attached hydrogens (primary N) is 1. The summed E-state index contributed by atoms with van der Waals surface area (Å²) in [6, 6.07) is 8.86. The Balaban J connectivity index is 2.99. The van der Waals surface area contributed by atoms with Gasteiger partial charge in [0, 0.05) is 6.26 Å². The van der Waals surface area contributed by atoms with Gasteiger partial charge in [-0.3, -0.25) is 0 Å². The molecule has 92 valence electrons. The maximum atomic E-state index is 11.4. The first-order valence-electron chi connectivity index (χ1n) is 4.77. The van der Waals surface area contributed by atoms with Crippen molar-refractivity contribution in [3.8, 4) is 0 Å². The van der Waals surface area contributed by atoms with Crippen LogP contribution in [0.15, 0.2) is 35.2 Å². The van der Waals surface area contributed by atoms with Crippen LogP contribution in [-0.4, -0.2) is 27.4 Å². The number of hydrogen-bond donors (Lipinski definition) is 1. The molecule has 0 bridgehead atoms. The van der Waals surface area contributed by atoms with E-state index in [9.17, 15) is 13.2 Å². The van der Waals surface area contributed by atoms with Gasteiger partial charge in [0.25, 0.3) is 0 Å². The summed E-state index contributed by atoms with van der Waals surface area (Å²) in [5.74, 6) is 0. The Morgan fingerprint density at radius 3 is 2.41 bits per heavy atom. The molecule has 1 aromatic rings. The summed E-state index contributed by atoms with van der Waals surface area (Å²) in [5.41, 5.74) is 5.50. The van der Waals surface area contributed by atoms with E-state index < -0.39 is 15.9 Å². The quantitative estimate of drug-likeness (QED) is 0.874. The van der Waals surface area contributed by atoms with Crippen LogP contribution in [0.4, 0.5) is 4.79 Å². The summed E-state index contributed by atoms with van der Waals surface area (Å²) < 4.78 is 27.4. The van der Waals surface area contributed by atoms with Crippen LogP contribution in [0.2, 0.25) is 0 Å². The second kappa shape index (κ2) is 5.49. The van der Waals surface area contributed by atoms with Crippen molar-refractivity contribution in [3.05, 3.63) is 40.8 Å². The molecule has 17 heavy (non-hydrogen) atoms. The molecule has 0 spiro atoms. The molecule has 0 radical (unpaired) electrons. The molecule has 0 saturated carbocycles. The molecule has 0 saturated heterocycles. The van der Waals surface area contributed by atoms with Gasteiger partial charge in [-0.25, -0.2) is 13.2 Å². The molecule has 0 fully saturated rings. The topological polar surface area (TPSA) is 86.5 Å². The van der Waals surface area contributed by atoms with Crippen molar-refractivity contribution < 1.29 is 17.9 Å². The molecule has 0 unspecified atom stereocenters. The molecule has 0 aliphatic rings. The third-order valence-electron chi connectivity index (χ3n) is 1.96. The van der Waals surface area contributed by atoms with Crippen molar-refractivity contribution in [2.45, 2.75) is 0 Å². The molecule has 6 heteroatoms. The number of carbonyl (C=O) groups excluding carboxylic acids is 1. The largest absolute Gasteiger partial charge is 0.444 e. The highest BCUT2D eigenvalue weighted by Crippen LogP contribution is 2.12. The summed E-state index contributed by atoms with van der Waals surface area (Å²) in [4.78, 5) is 10.5. The predicted octanol–water partition coefficient (Wildman–Crippen LogP) is 1.17. The number of rotatable bonds is 4. The lowest BCUT2D eigenvalue weighted by Crippen LogP contribution is -2.17. The number of sulfone groups is 1. The number of primary amides is 1. The number of ether oxygens (including phenoxy) is 1. The summed E-state index contributed by atoms with van der Waals surface area (Å²) >= 11 is 0. The monoisotopic (exact) mass is 255 g/mol. The molecule has 5 nitrogen and oxygen atoms in total. The molecule has 1 aromatic carbocycles. The average Bonchev–Trinajstić information content (AvgIpc) is 2.23. The summed E-state index contributed by atoms with van der Waals surface area (Å²) in [5, 5.41) is 0. The maximum Gasteiger partial charge on any atom is 0.404 e. The van der Waals surface area contributed by atoms with Crippen LogP contribution in [-0.2, 0) is 14.6 Å². The second-order valence-electron chi connectivity index (χ2n) is 3.40. The van der Waals surface area contributed by atoms with Gasteiger partial charge in [0.2, 0.25) is 0 Å². The standard InChI is InChI=1S/C11H13NO4S/c1-17(14,15)10(8-16-11(12)13)7-9-5-3-2-4-6-9/h2-7H,8H2,1H3,(H2,12,13). The van der Waals surface area contributed by atoms with E-state index in [2.05, 4.69) is 4.74 Å². The van der Waals surface area contributed by atoms with Crippen LogP contribution in [0.1, 0.15) is 5.56 Å². The Labute approximate surface area is 99.8 Å². The lowest BCUT2D eigenvalue weighted by Gasteiger charge is -2.05. The fourth-order valence-electron chi connectivity index (χ4n) is 1.13. The minimum atomic E-state index is -3.43. The first-order valence-corrected chi connectivity index (χ1v) is 6.66. The Morgan fingerprint density at radius 2 is 1.94 bits per heavy atom. The van der Waals surface area contributed by atoms with Gasteiger partial charge in [-0.15, -0.1) is 0 Å². The van der Waals surface area contributed by atoms with Crippen LogP contribution in [0, 0.1) is 0 Å². The third kappa shape index (κ3) is 4.69. The zero-order valence-corrected chi connectivity index (χ0v) is 10.1. The molecule has 1 rings (SSSR count). The van der Waals surface area contributed by atoms with Gasteiger partial charge in [0.05, 0.1) is 4.91 Å². The van der Waals surface area contributed by atoms with Crippen molar-refractivity contribution in [1.29, 1.82) is 0 Å². The van der Waals surface area contributed by atoms with Gasteiger partial charge < -0.3 is 10.5 Å². The van der Waals surface area contributed by atoms with E-state index in [1.54, 1.807) is 24.3 Å². The minimum Gasteiger partial charge on any atom is -0.444 e. The van der Waals surface area contributed by atoms with Gasteiger partial charge in [0.1, 0.15) is 6.61 Å². The van der Waals surface area contributed by atoms with Crippen LogP contribution < -0.4 is 5.73 Å². The molecule has 0 aliphatic carbocycles. The van der Waals surface area contributed by atoms with Crippen molar-refractivity contribution in [2.24, 2.45) is 5.73 Å². The van der Waals surface area contributed by atoms with Gasteiger partial charge in [-0.05, 0) is 11.6 Å². The van der Waals surface area contributed by atoms with E-state index in [0.29, 0.717) is 5.56 Å². The number of carbonyl (C=O) groups is 1. The van der Waals surface area contributed by atoms with Gasteiger partial charge in [0.15, 0.2) is 9.84 Å². The van der Waals surface area contributed by atoms with Gasteiger partial charge in [-0.1, -0.05) is 30.3 Å². The average molecular weight is 255 g/mol. The Hall–Kier alpha value is -1.82. The van der Waals surface area contributed by atoms with Crippen LogP contribution in [0.25, 0.3) is 6.08 Å². The fourth-order valence-corrected chi connectivity index (χ4v) is 1.76. The Morgan fingerprint density at radius 1 is 1.35 bits per heavy atom. The summed E-state index contributed by atoms with van der Waals surface area (Å²) in [6.07, 6.45) is 1.48. The normalized spacial score (nSPS) is 12.2. The van der Waals surface area contributed by atoms with Gasteiger partial charge >= 0.3 is 6.09 Å². The van der Waals surface area contributed by atoms with E-state index in [-0.39, 0.29) is 11.5 Å². The molecular weight excluding hydrogens is 242 g/mol. The highest BCUT2D eigenvalue weighted by Gasteiger charge is 2.13. The van der Waals surface area contributed by atoms with Crippen molar-refractivity contribution >= 4 is 22.0 Å². The summed E-state index contributed by atoms with van der Waals surface area (Å²) in [7, 11) is -3.43. The van der Waals surface area contributed by atoms with Crippen molar-refractivity contribution in [2.75, 3.05) is 12.9 Å². The smallest absolute Gasteiger partial charge is 0.404 e. The van der Waals surface area contributed by atoms with Crippen LogP contribution in [0.5, 0.6) is 0 Å². The summed E-state index contributed by atoms with van der Waals surface area (Å²) in [6.45, 7) is -0.358. The molecule has 2 N–H and O–H groups in total. The third-order valence-corrected chi connectivity index (χ3v) is 3.15. The fraction of sp³-hybridized carbons (Fsp3) is 0.182. The number of benzene rings is 1. The second-order valence-corrected chi connectivity index (χ2v) is 5.47. The molecule has 0 aliphatic heterocycles. The van der Waals surface area contributed by atoms with Crippen LogP contribution in [0.3, 0.4) is 0 Å². The van der Waals surface area contributed by atoms with E-state index in [0.717, 1.165) is 6.26 Å². The number of amides is 1. The van der Waals surface area contributed by atoms with Gasteiger partial charge in [-0.2, -0.15) is 0 Å². The number of hydrogen-bond acceptors (Lipinski definition) is 4. The molecular formula is C11H13NO4S. The molecule has 0 heterocycles. The first-order chi connectivity index (χ1) is 7.89. The van der Waals surface area contributed by atoms with Crippen molar-refractivity contribution in [1.82, 2.24) is 0 Å². The minimum absolute atomic E-state index is 0.00231. The zero-order chi connectivity index (χ0) is 12.9. The Bertz CT molecular complexity index is 520. The molecule has 0 atom stereocenters.